The highest BCUT2D eigenvalue weighted by molar-refractivity contribution is 9.10. The van der Waals surface area contributed by atoms with Crippen molar-refractivity contribution in [2.24, 2.45) is 5.10 Å². The van der Waals surface area contributed by atoms with Crippen molar-refractivity contribution in [3.63, 3.8) is 0 Å². The second-order valence-electron chi connectivity index (χ2n) is 4.76. The van der Waals surface area contributed by atoms with Gasteiger partial charge in [0.2, 0.25) is 0 Å². The predicted octanol–water partition coefficient (Wildman–Crippen LogP) is 2.34. The number of benzene rings is 2. The number of hydrazone groups is 1. The lowest BCUT2D eigenvalue weighted by molar-refractivity contribution is -0.120. The lowest BCUT2D eigenvalue weighted by Gasteiger charge is -2.04. The molecular weight excluding hydrogens is 374 g/mol. The van der Waals surface area contributed by atoms with Crippen LogP contribution in [0, 0.1) is 0 Å². The van der Waals surface area contributed by atoms with Crippen LogP contribution in [0.5, 0.6) is 5.75 Å². The lowest BCUT2D eigenvalue weighted by Crippen LogP contribution is -2.34. The Hall–Kier alpha value is -2.67. The summed E-state index contributed by atoms with van der Waals surface area (Å²) in [5.41, 5.74) is 3.61. The zero-order valence-electron chi connectivity index (χ0n) is 13.0. The SMILES string of the molecule is COc1cccc(C=NNC(=O)CNC(=O)c2cccc(Br)c2)c1. The van der Waals surface area contributed by atoms with E-state index in [9.17, 15) is 9.59 Å². The third-order valence-corrected chi connectivity index (χ3v) is 3.49. The molecule has 0 aliphatic carbocycles. The molecule has 2 aromatic rings. The van der Waals surface area contributed by atoms with Gasteiger partial charge in [0, 0.05) is 10.0 Å². The summed E-state index contributed by atoms with van der Waals surface area (Å²) >= 11 is 3.29. The highest BCUT2D eigenvalue weighted by atomic mass is 79.9. The first-order valence-corrected chi connectivity index (χ1v) is 7.87. The molecule has 24 heavy (non-hydrogen) atoms. The van der Waals surface area contributed by atoms with Crippen LogP contribution >= 0.6 is 15.9 Å². The number of hydrogen-bond donors (Lipinski definition) is 2. The molecule has 124 valence electrons. The topological polar surface area (TPSA) is 79.8 Å². The fraction of sp³-hybridized carbons (Fsp3) is 0.118. The van der Waals surface area contributed by atoms with Crippen LogP contribution in [-0.4, -0.2) is 31.7 Å². The molecule has 0 spiro atoms. The molecule has 0 aliphatic rings. The molecule has 0 atom stereocenters. The molecule has 2 N–H and O–H groups in total. The highest BCUT2D eigenvalue weighted by Gasteiger charge is 2.07. The molecule has 2 amide bonds. The van der Waals surface area contributed by atoms with Gasteiger partial charge in [-0.15, -0.1) is 0 Å². The molecule has 0 heterocycles. The van der Waals surface area contributed by atoms with Crippen LogP contribution in [0.3, 0.4) is 0 Å². The first-order chi connectivity index (χ1) is 11.6. The number of carbonyl (C=O) groups is 2. The number of nitrogens with one attached hydrogen (secondary N) is 2. The molecule has 0 unspecified atom stereocenters. The van der Waals surface area contributed by atoms with Crippen molar-refractivity contribution in [2.45, 2.75) is 0 Å². The molecule has 6 nitrogen and oxygen atoms in total. The van der Waals surface area contributed by atoms with Crippen molar-refractivity contribution in [1.29, 1.82) is 0 Å². The molecule has 0 bridgehead atoms. The smallest absolute Gasteiger partial charge is 0.259 e. The largest absolute Gasteiger partial charge is 0.497 e. The number of nitrogens with zero attached hydrogens (tertiary/aromatic N) is 1. The second-order valence-corrected chi connectivity index (χ2v) is 5.68. The predicted molar refractivity (Wildman–Crippen MR) is 95.2 cm³/mol. The Labute approximate surface area is 148 Å². The number of ether oxygens (including phenoxy) is 1. The van der Waals surface area contributed by atoms with Gasteiger partial charge in [0.05, 0.1) is 19.9 Å². The van der Waals surface area contributed by atoms with Crippen LogP contribution in [0.2, 0.25) is 0 Å². The van der Waals surface area contributed by atoms with Gasteiger partial charge < -0.3 is 10.1 Å². The highest BCUT2D eigenvalue weighted by Crippen LogP contribution is 2.11. The van der Waals surface area contributed by atoms with Crippen molar-refractivity contribution >= 4 is 34.0 Å². The monoisotopic (exact) mass is 389 g/mol. The van der Waals surface area contributed by atoms with Crippen LogP contribution in [0.25, 0.3) is 0 Å². The van der Waals surface area contributed by atoms with Crippen LogP contribution in [0.1, 0.15) is 15.9 Å². The summed E-state index contributed by atoms with van der Waals surface area (Å²) in [5, 5.41) is 6.37. The van der Waals surface area contributed by atoms with E-state index in [0.717, 1.165) is 10.0 Å². The number of halogens is 1. The van der Waals surface area contributed by atoms with Crippen molar-refractivity contribution in [1.82, 2.24) is 10.7 Å². The van der Waals surface area contributed by atoms with E-state index in [1.165, 1.54) is 6.21 Å². The van der Waals surface area contributed by atoms with E-state index in [-0.39, 0.29) is 12.5 Å². The number of hydrogen-bond acceptors (Lipinski definition) is 4. The van der Waals surface area contributed by atoms with Crippen molar-refractivity contribution in [3.05, 3.63) is 64.1 Å². The summed E-state index contributed by atoms with van der Waals surface area (Å²) in [6, 6.07) is 14.1. The lowest BCUT2D eigenvalue weighted by atomic mass is 10.2. The van der Waals surface area contributed by atoms with Crippen LogP contribution < -0.4 is 15.5 Å². The summed E-state index contributed by atoms with van der Waals surface area (Å²) in [7, 11) is 1.58. The molecule has 7 heteroatoms. The Morgan fingerprint density at radius 2 is 2.00 bits per heavy atom. The number of rotatable bonds is 6. The minimum atomic E-state index is -0.419. The van der Waals surface area contributed by atoms with Crippen LogP contribution in [0.15, 0.2) is 58.1 Å². The Bertz CT molecular complexity index is 762. The molecule has 0 saturated heterocycles. The molecule has 0 radical (unpaired) electrons. The summed E-state index contributed by atoms with van der Waals surface area (Å²) < 4.78 is 5.89. The number of methoxy groups -OCH3 is 1. The Morgan fingerprint density at radius 1 is 1.21 bits per heavy atom. The summed E-state index contributed by atoms with van der Waals surface area (Å²) in [6.45, 7) is -0.166. The Balaban J connectivity index is 1.80. The number of amides is 2. The minimum absolute atomic E-state index is 0.166. The van der Waals surface area contributed by atoms with Gasteiger partial charge in [0.25, 0.3) is 11.8 Å². The molecule has 2 aromatic carbocycles. The minimum Gasteiger partial charge on any atom is -0.497 e. The number of carbonyl (C=O) groups excluding carboxylic acids is 2. The maximum absolute atomic E-state index is 11.9. The third-order valence-electron chi connectivity index (χ3n) is 2.99. The summed E-state index contributed by atoms with van der Waals surface area (Å²) in [4.78, 5) is 23.6. The van der Waals surface area contributed by atoms with Gasteiger partial charge in [-0.1, -0.05) is 34.1 Å². The first kappa shape index (κ1) is 17.7. The fourth-order valence-electron chi connectivity index (χ4n) is 1.83. The van der Waals surface area contributed by atoms with Crippen molar-refractivity contribution < 1.29 is 14.3 Å². The summed E-state index contributed by atoms with van der Waals surface area (Å²) in [5.74, 6) is -0.0488. The van der Waals surface area contributed by atoms with E-state index in [0.29, 0.717) is 11.3 Å². The van der Waals surface area contributed by atoms with E-state index in [4.69, 9.17) is 4.74 Å². The van der Waals surface area contributed by atoms with Crippen molar-refractivity contribution in [2.75, 3.05) is 13.7 Å². The van der Waals surface area contributed by atoms with E-state index < -0.39 is 5.91 Å². The van der Waals surface area contributed by atoms with Gasteiger partial charge in [0.1, 0.15) is 5.75 Å². The fourth-order valence-corrected chi connectivity index (χ4v) is 2.23. The quantitative estimate of drug-likeness (QED) is 0.587. The van der Waals surface area contributed by atoms with Gasteiger partial charge in [-0.3, -0.25) is 9.59 Å². The molecule has 0 fully saturated rings. The second kappa shape index (κ2) is 8.83. The maximum Gasteiger partial charge on any atom is 0.259 e. The maximum atomic E-state index is 11.9. The van der Waals surface area contributed by atoms with Crippen LogP contribution in [-0.2, 0) is 4.79 Å². The van der Waals surface area contributed by atoms with E-state index in [1.54, 1.807) is 31.4 Å². The summed E-state index contributed by atoms with van der Waals surface area (Å²) in [6.07, 6.45) is 1.50. The van der Waals surface area contributed by atoms with Crippen molar-refractivity contribution in [3.8, 4) is 5.75 Å². The molecule has 0 aliphatic heterocycles. The van der Waals surface area contributed by atoms with E-state index in [1.807, 2.05) is 24.3 Å². The van der Waals surface area contributed by atoms with Gasteiger partial charge >= 0.3 is 0 Å². The Morgan fingerprint density at radius 3 is 2.75 bits per heavy atom. The third kappa shape index (κ3) is 5.51. The Kier molecular flexibility index (Phi) is 6.51. The van der Waals surface area contributed by atoms with Crippen LogP contribution in [0.4, 0.5) is 0 Å². The van der Waals surface area contributed by atoms with E-state index in [2.05, 4.69) is 31.8 Å². The average molecular weight is 390 g/mol. The van der Waals surface area contributed by atoms with E-state index >= 15 is 0 Å². The molecular formula is C17H16BrN3O3. The standard InChI is InChI=1S/C17H16BrN3O3/c1-24-15-7-2-4-12(8-15)10-20-21-16(22)11-19-17(23)13-5-3-6-14(18)9-13/h2-10H,11H2,1H3,(H,19,23)(H,21,22). The zero-order chi connectivity index (χ0) is 17.4. The zero-order valence-corrected chi connectivity index (χ0v) is 14.5. The first-order valence-electron chi connectivity index (χ1n) is 7.08. The molecule has 0 saturated carbocycles. The molecule has 0 aromatic heterocycles. The average Bonchev–Trinajstić information content (AvgIpc) is 2.60. The molecule has 2 rings (SSSR count). The van der Waals surface area contributed by atoms with Gasteiger partial charge in [0.15, 0.2) is 0 Å². The normalized spacial score (nSPS) is 10.4. The van der Waals surface area contributed by atoms with Gasteiger partial charge in [-0.2, -0.15) is 5.10 Å². The van der Waals surface area contributed by atoms with Gasteiger partial charge in [-0.25, -0.2) is 5.43 Å². The van der Waals surface area contributed by atoms with Gasteiger partial charge in [-0.05, 0) is 35.9 Å².